The Morgan fingerprint density at radius 3 is 2.68 bits per heavy atom. The van der Waals surface area contributed by atoms with Crippen LogP contribution in [0.2, 0.25) is 0 Å². The van der Waals surface area contributed by atoms with Crippen molar-refractivity contribution in [1.82, 2.24) is 0 Å². The van der Waals surface area contributed by atoms with Crippen molar-refractivity contribution in [3.8, 4) is 0 Å². The van der Waals surface area contributed by atoms with Gasteiger partial charge in [-0.2, -0.15) is 0 Å². The van der Waals surface area contributed by atoms with Crippen LogP contribution in [0.4, 0.5) is 5.69 Å². The predicted molar refractivity (Wildman–Crippen MR) is 81.6 cm³/mol. The van der Waals surface area contributed by atoms with Gasteiger partial charge >= 0.3 is 5.97 Å². The summed E-state index contributed by atoms with van der Waals surface area (Å²) in [5.41, 5.74) is 1.91. The molecule has 1 amide bonds. The summed E-state index contributed by atoms with van der Waals surface area (Å²) in [6.45, 7) is 5.66. The minimum Gasteiger partial charge on any atom is -0.481 e. The van der Waals surface area contributed by atoms with Crippen molar-refractivity contribution >= 4 is 17.6 Å². The fraction of sp³-hybridized carbons (Fsp3) is 0.412. The highest BCUT2D eigenvalue weighted by molar-refractivity contribution is 5.97. The van der Waals surface area contributed by atoms with Crippen LogP contribution in [0.15, 0.2) is 30.4 Å². The van der Waals surface area contributed by atoms with Crippen molar-refractivity contribution in [1.29, 1.82) is 0 Å². The summed E-state index contributed by atoms with van der Waals surface area (Å²) in [5, 5.41) is 12.3. The Bertz CT molecular complexity index is 681. The third kappa shape index (κ3) is 2.22. The summed E-state index contributed by atoms with van der Waals surface area (Å²) in [6, 6.07) is 5.73. The highest BCUT2D eigenvalue weighted by Crippen LogP contribution is 2.47. The van der Waals surface area contributed by atoms with Gasteiger partial charge in [-0.3, -0.25) is 9.59 Å². The molecule has 0 aromatic heterocycles. The van der Waals surface area contributed by atoms with Gasteiger partial charge in [0.15, 0.2) is 0 Å². The SMILES string of the molecule is Cc1ccc(NC(=O)[C@H]2[C@H](C(=O)O)[C@H]3C=C[C@@]2(C)O3)c(C)c1. The number of hydrogen-bond donors (Lipinski definition) is 2. The number of benzene rings is 1. The first kappa shape index (κ1) is 14.8. The first-order valence-corrected chi connectivity index (χ1v) is 7.30. The van der Waals surface area contributed by atoms with Gasteiger partial charge in [0.1, 0.15) is 5.92 Å². The van der Waals surface area contributed by atoms with Crippen LogP contribution in [0.3, 0.4) is 0 Å². The second-order valence-corrected chi connectivity index (χ2v) is 6.27. The van der Waals surface area contributed by atoms with Gasteiger partial charge in [0.25, 0.3) is 0 Å². The van der Waals surface area contributed by atoms with E-state index in [1.165, 1.54) is 0 Å². The number of aryl methyl sites for hydroxylation is 2. The van der Waals surface area contributed by atoms with E-state index in [2.05, 4.69) is 5.32 Å². The summed E-state index contributed by atoms with van der Waals surface area (Å²) in [6.07, 6.45) is 3.00. The maximum Gasteiger partial charge on any atom is 0.310 e. The lowest BCUT2D eigenvalue weighted by molar-refractivity contribution is -0.146. The van der Waals surface area contributed by atoms with E-state index < -0.39 is 29.5 Å². The number of carboxylic acid groups (broad SMARTS) is 1. The number of carbonyl (C=O) groups is 2. The molecule has 116 valence electrons. The van der Waals surface area contributed by atoms with Crippen molar-refractivity contribution < 1.29 is 19.4 Å². The molecule has 2 aliphatic rings. The van der Waals surface area contributed by atoms with Crippen molar-refractivity contribution in [3.63, 3.8) is 0 Å². The third-order valence-corrected chi connectivity index (χ3v) is 4.54. The zero-order chi connectivity index (χ0) is 16.1. The van der Waals surface area contributed by atoms with Crippen molar-refractivity contribution in [2.24, 2.45) is 11.8 Å². The summed E-state index contributed by atoms with van der Waals surface area (Å²) < 4.78 is 5.70. The van der Waals surface area contributed by atoms with Gasteiger partial charge in [0.05, 0.1) is 17.6 Å². The Labute approximate surface area is 129 Å². The van der Waals surface area contributed by atoms with Crippen LogP contribution in [-0.2, 0) is 14.3 Å². The first-order valence-electron chi connectivity index (χ1n) is 7.30. The van der Waals surface area contributed by atoms with E-state index in [0.29, 0.717) is 5.69 Å². The Kier molecular flexibility index (Phi) is 3.33. The van der Waals surface area contributed by atoms with Crippen LogP contribution in [0.5, 0.6) is 0 Å². The van der Waals surface area contributed by atoms with Gasteiger partial charge in [-0.1, -0.05) is 29.8 Å². The Morgan fingerprint density at radius 2 is 2.05 bits per heavy atom. The monoisotopic (exact) mass is 301 g/mol. The van der Waals surface area contributed by atoms with Gasteiger partial charge < -0.3 is 15.2 Å². The lowest BCUT2D eigenvalue weighted by atomic mass is 9.75. The van der Waals surface area contributed by atoms with Crippen molar-refractivity contribution in [2.75, 3.05) is 5.32 Å². The predicted octanol–water partition coefficient (Wildman–Crippen LogP) is 2.29. The number of rotatable bonds is 3. The topological polar surface area (TPSA) is 75.6 Å². The van der Waals surface area contributed by atoms with Crippen molar-refractivity contribution in [3.05, 3.63) is 41.5 Å². The standard InChI is InChI=1S/C17H19NO4/c1-9-4-5-11(10(2)8-9)18-15(19)14-13(16(20)21)12-6-7-17(14,3)22-12/h4-8,12-14H,1-3H3,(H,18,19)(H,20,21)/t12-,13-,14-,17-/m1/s1. The molecule has 5 nitrogen and oxygen atoms in total. The number of nitrogens with one attached hydrogen (secondary N) is 1. The van der Waals surface area contributed by atoms with E-state index in [4.69, 9.17) is 4.74 Å². The highest BCUT2D eigenvalue weighted by atomic mass is 16.5. The highest BCUT2D eigenvalue weighted by Gasteiger charge is 2.59. The number of carboxylic acids is 1. The summed E-state index contributed by atoms with van der Waals surface area (Å²) in [4.78, 5) is 24.2. The van der Waals surface area contributed by atoms with E-state index in [1.54, 1.807) is 19.1 Å². The molecule has 0 saturated carbocycles. The summed E-state index contributed by atoms with van der Waals surface area (Å²) in [7, 11) is 0. The summed E-state index contributed by atoms with van der Waals surface area (Å²) >= 11 is 0. The largest absolute Gasteiger partial charge is 0.481 e. The smallest absolute Gasteiger partial charge is 0.310 e. The quantitative estimate of drug-likeness (QED) is 0.840. The molecule has 1 saturated heterocycles. The lowest BCUT2D eigenvalue weighted by Gasteiger charge is -2.28. The molecule has 0 spiro atoms. The maximum atomic E-state index is 12.7. The molecule has 2 aliphatic heterocycles. The molecule has 0 unspecified atom stereocenters. The molecule has 22 heavy (non-hydrogen) atoms. The average molecular weight is 301 g/mol. The molecule has 2 N–H and O–H groups in total. The molecule has 3 rings (SSSR count). The summed E-state index contributed by atoms with van der Waals surface area (Å²) in [5.74, 6) is -2.89. The van der Waals surface area contributed by atoms with Gasteiger partial charge in [-0.05, 0) is 32.4 Å². The normalized spacial score (nSPS) is 32.2. The number of hydrogen-bond acceptors (Lipinski definition) is 3. The number of carbonyl (C=O) groups excluding carboxylic acids is 1. The molecule has 0 radical (unpaired) electrons. The molecule has 5 heteroatoms. The second kappa shape index (κ2) is 4.95. The fourth-order valence-corrected chi connectivity index (χ4v) is 3.44. The molecule has 2 bridgehead atoms. The van der Waals surface area contributed by atoms with Gasteiger partial charge in [-0.15, -0.1) is 0 Å². The van der Waals surface area contributed by atoms with E-state index in [1.807, 2.05) is 32.0 Å². The van der Waals surface area contributed by atoms with Crippen LogP contribution in [0, 0.1) is 25.7 Å². The Hall–Kier alpha value is -2.14. The minimum atomic E-state index is -1.00. The van der Waals surface area contributed by atoms with Crippen LogP contribution < -0.4 is 5.32 Å². The van der Waals surface area contributed by atoms with Crippen LogP contribution in [-0.4, -0.2) is 28.7 Å². The van der Waals surface area contributed by atoms with E-state index in [0.717, 1.165) is 11.1 Å². The minimum absolute atomic E-state index is 0.311. The number of anilines is 1. The second-order valence-electron chi connectivity index (χ2n) is 6.27. The average Bonchev–Trinajstić information content (AvgIpc) is 2.94. The lowest BCUT2D eigenvalue weighted by Crippen LogP contribution is -2.44. The molecular weight excluding hydrogens is 282 g/mol. The van der Waals surface area contributed by atoms with Gasteiger partial charge in [0, 0.05) is 5.69 Å². The zero-order valence-corrected chi connectivity index (χ0v) is 12.8. The fourth-order valence-electron chi connectivity index (χ4n) is 3.44. The molecular formula is C17H19NO4. The van der Waals surface area contributed by atoms with E-state index in [9.17, 15) is 14.7 Å². The Morgan fingerprint density at radius 1 is 1.32 bits per heavy atom. The molecule has 2 heterocycles. The molecule has 1 aromatic carbocycles. The van der Waals surface area contributed by atoms with Gasteiger partial charge in [-0.25, -0.2) is 0 Å². The van der Waals surface area contributed by atoms with Crippen LogP contribution in [0.25, 0.3) is 0 Å². The number of aliphatic carboxylic acids is 1. The van der Waals surface area contributed by atoms with Crippen molar-refractivity contribution in [2.45, 2.75) is 32.5 Å². The third-order valence-electron chi connectivity index (χ3n) is 4.54. The number of ether oxygens (including phenoxy) is 1. The van der Waals surface area contributed by atoms with E-state index in [-0.39, 0.29) is 5.91 Å². The Balaban J connectivity index is 1.88. The molecule has 1 aromatic rings. The first-order chi connectivity index (χ1) is 10.3. The van der Waals surface area contributed by atoms with Crippen LogP contribution in [0.1, 0.15) is 18.1 Å². The van der Waals surface area contributed by atoms with Gasteiger partial charge in [0.2, 0.25) is 5.91 Å². The van der Waals surface area contributed by atoms with E-state index >= 15 is 0 Å². The van der Waals surface area contributed by atoms with Crippen LogP contribution >= 0.6 is 0 Å². The number of amides is 1. The molecule has 1 fully saturated rings. The maximum absolute atomic E-state index is 12.7. The molecule has 4 atom stereocenters. The number of fused-ring (bicyclic) bond motifs is 2. The molecule has 0 aliphatic carbocycles. The zero-order valence-electron chi connectivity index (χ0n) is 12.8.